The first kappa shape index (κ1) is 17.8. The SMILES string of the molecule is C=C(/C=C/O)CNC.C=CO.CC. The molecule has 0 amide bonds. The van der Waals surface area contributed by atoms with E-state index < -0.39 is 0 Å². The summed E-state index contributed by atoms with van der Waals surface area (Å²) in [7, 11) is 1.83. The molecule has 0 fully saturated rings. The van der Waals surface area contributed by atoms with Gasteiger partial charge in [0, 0.05) is 6.54 Å². The van der Waals surface area contributed by atoms with Crippen LogP contribution in [0.3, 0.4) is 0 Å². The van der Waals surface area contributed by atoms with Gasteiger partial charge in [-0.3, -0.25) is 0 Å². The molecule has 0 radical (unpaired) electrons. The zero-order chi connectivity index (χ0) is 11.1. The zero-order valence-electron chi connectivity index (χ0n) is 8.75. The number of hydrogen-bond donors (Lipinski definition) is 3. The average Bonchev–Trinajstić information content (AvgIpc) is 2.10. The molecule has 0 saturated heterocycles. The van der Waals surface area contributed by atoms with E-state index in [0.717, 1.165) is 24.6 Å². The molecule has 0 saturated carbocycles. The van der Waals surface area contributed by atoms with E-state index in [1.807, 2.05) is 20.9 Å². The van der Waals surface area contributed by atoms with Crippen LogP contribution in [0.2, 0.25) is 0 Å². The van der Waals surface area contributed by atoms with Crippen molar-refractivity contribution in [3.8, 4) is 0 Å². The Morgan fingerprint density at radius 3 is 2.00 bits per heavy atom. The van der Waals surface area contributed by atoms with Crippen molar-refractivity contribution < 1.29 is 10.2 Å². The standard InChI is InChI=1S/C6H11NO.C2H4O.C2H6/c1-6(3-4-8)5-7-2;1-2-3;1-2/h3-4,7-8H,1,5H2,2H3;2-3H,1H2;1-2H3/b4-3+;;. The van der Waals surface area contributed by atoms with Gasteiger partial charge in [-0.05, 0) is 18.7 Å². The first-order valence-electron chi connectivity index (χ1n) is 4.11. The first-order valence-corrected chi connectivity index (χ1v) is 4.11. The lowest BCUT2D eigenvalue weighted by atomic mass is 10.3. The molecule has 0 rings (SSSR count). The van der Waals surface area contributed by atoms with Gasteiger partial charge in [-0.1, -0.05) is 27.0 Å². The van der Waals surface area contributed by atoms with Crippen LogP contribution in [-0.4, -0.2) is 23.8 Å². The van der Waals surface area contributed by atoms with Crippen LogP contribution in [0.1, 0.15) is 13.8 Å². The van der Waals surface area contributed by atoms with Gasteiger partial charge in [0.2, 0.25) is 0 Å². The molecule has 0 aromatic rings. The van der Waals surface area contributed by atoms with Gasteiger partial charge >= 0.3 is 0 Å². The van der Waals surface area contributed by atoms with Gasteiger partial charge in [-0.25, -0.2) is 0 Å². The van der Waals surface area contributed by atoms with Crippen LogP contribution in [0.25, 0.3) is 0 Å². The van der Waals surface area contributed by atoms with Crippen molar-refractivity contribution in [3.05, 3.63) is 37.3 Å². The molecule has 0 aliphatic carbocycles. The molecule has 3 N–H and O–H groups in total. The van der Waals surface area contributed by atoms with Crippen molar-refractivity contribution in [1.82, 2.24) is 5.32 Å². The van der Waals surface area contributed by atoms with E-state index in [4.69, 9.17) is 10.2 Å². The number of aliphatic hydroxyl groups is 2. The van der Waals surface area contributed by atoms with Crippen molar-refractivity contribution in [2.24, 2.45) is 0 Å². The fourth-order valence-corrected chi connectivity index (χ4v) is 0.391. The Bertz CT molecular complexity index is 131. The quantitative estimate of drug-likeness (QED) is 0.470. The van der Waals surface area contributed by atoms with Crippen LogP contribution in [0.4, 0.5) is 0 Å². The number of nitrogens with one attached hydrogen (secondary N) is 1. The Morgan fingerprint density at radius 2 is 1.77 bits per heavy atom. The molecule has 0 unspecified atom stereocenters. The van der Waals surface area contributed by atoms with E-state index in [-0.39, 0.29) is 0 Å². The average molecular weight is 187 g/mol. The summed E-state index contributed by atoms with van der Waals surface area (Å²) < 4.78 is 0. The predicted molar refractivity (Wildman–Crippen MR) is 59.0 cm³/mol. The summed E-state index contributed by atoms with van der Waals surface area (Å²) in [5, 5.41) is 18.4. The van der Waals surface area contributed by atoms with E-state index in [0.29, 0.717) is 0 Å². The van der Waals surface area contributed by atoms with Crippen LogP contribution in [0, 0.1) is 0 Å². The van der Waals surface area contributed by atoms with Gasteiger partial charge < -0.3 is 15.5 Å². The molecule has 0 aromatic heterocycles. The van der Waals surface area contributed by atoms with Crippen LogP contribution in [-0.2, 0) is 0 Å². The van der Waals surface area contributed by atoms with E-state index in [2.05, 4.69) is 18.5 Å². The molecule has 3 heteroatoms. The van der Waals surface area contributed by atoms with Crippen LogP contribution in [0.15, 0.2) is 37.3 Å². The maximum atomic E-state index is 8.19. The monoisotopic (exact) mass is 187 g/mol. The number of aliphatic hydroxyl groups excluding tert-OH is 2. The number of rotatable bonds is 3. The highest BCUT2D eigenvalue weighted by Gasteiger charge is 1.80. The Kier molecular flexibility index (Phi) is 30.6. The third kappa shape index (κ3) is 36.4. The Hall–Kier alpha value is -1.22. The summed E-state index contributed by atoms with van der Waals surface area (Å²) in [4.78, 5) is 0. The molecular formula is C10H21NO2. The summed E-state index contributed by atoms with van der Waals surface area (Å²) in [5.74, 6) is 0. The first-order chi connectivity index (χ1) is 6.22. The molecule has 0 bridgehead atoms. The van der Waals surface area contributed by atoms with Crippen molar-refractivity contribution in [2.45, 2.75) is 13.8 Å². The largest absolute Gasteiger partial charge is 0.516 e. The number of likely N-dealkylation sites (N-methyl/N-ethyl adjacent to an activating group) is 1. The van der Waals surface area contributed by atoms with Gasteiger partial charge in [-0.15, -0.1) is 0 Å². The minimum atomic E-state index is 0.719. The van der Waals surface area contributed by atoms with Crippen molar-refractivity contribution in [3.63, 3.8) is 0 Å². The fourth-order valence-electron chi connectivity index (χ4n) is 0.391. The summed E-state index contributed by atoms with van der Waals surface area (Å²) in [6.07, 6.45) is 3.29. The second-order valence-electron chi connectivity index (χ2n) is 1.69. The van der Waals surface area contributed by atoms with E-state index in [9.17, 15) is 0 Å². The summed E-state index contributed by atoms with van der Waals surface area (Å²) >= 11 is 0. The lowest BCUT2D eigenvalue weighted by Gasteiger charge is -1.93. The molecule has 13 heavy (non-hydrogen) atoms. The third-order valence-corrected chi connectivity index (χ3v) is 0.714. The molecule has 0 aromatic carbocycles. The summed E-state index contributed by atoms with van der Waals surface area (Å²) in [6, 6.07) is 0. The van der Waals surface area contributed by atoms with Gasteiger partial charge in [0.1, 0.15) is 0 Å². The van der Waals surface area contributed by atoms with Crippen molar-refractivity contribution in [2.75, 3.05) is 13.6 Å². The second-order valence-corrected chi connectivity index (χ2v) is 1.69. The van der Waals surface area contributed by atoms with Gasteiger partial charge in [0.25, 0.3) is 0 Å². The molecule has 3 nitrogen and oxygen atoms in total. The van der Waals surface area contributed by atoms with E-state index in [1.165, 1.54) is 0 Å². The molecule has 78 valence electrons. The molecule has 0 heterocycles. The highest BCUT2D eigenvalue weighted by molar-refractivity contribution is 5.13. The van der Waals surface area contributed by atoms with E-state index in [1.54, 1.807) is 6.08 Å². The third-order valence-electron chi connectivity index (χ3n) is 0.714. The van der Waals surface area contributed by atoms with Crippen molar-refractivity contribution >= 4 is 0 Å². The molecule has 0 aliphatic rings. The highest BCUT2D eigenvalue weighted by Crippen LogP contribution is 1.86. The van der Waals surface area contributed by atoms with Crippen LogP contribution < -0.4 is 5.32 Å². The predicted octanol–water partition coefficient (Wildman–Crippen LogP) is 2.55. The minimum absolute atomic E-state index is 0.719. The summed E-state index contributed by atoms with van der Waals surface area (Å²) in [5.41, 5.74) is 0.870. The van der Waals surface area contributed by atoms with Gasteiger partial charge in [-0.2, -0.15) is 0 Å². The Balaban J connectivity index is -0.000000169. The topological polar surface area (TPSA) is 52.5 Å². The molecule has 0 atom stereocenters. The van der Waals surface area contributed by atoms with Gasteiger partial charge in [0.05, 0.1) is 12.5 Å². The maximum absolute atomic E-state index is 8.19. The zero-order valence-corrected chi connectivity index (χ0v) is 8.75. The highest BCUT2D eigenvalue weighted by atomic mass is 16.2. The van der Waals surface area contributed by atoms with Crippen LogP contribution in [0.5, 0.6) is 0 Å². The summed E-state index contributed by atoms with van der Waals surface area (Å²) in [6.45, 7) is 11.3. The van der Waals surface area contributed by atoms with E-state index >= 15 is 0 Å². The van der Waals surface area contributed by atoms with Crippen LogP contribution >= 0.6 is 0 Å². The molecule has 0 aliphatic heterocycles. The fraction of sp³-hybridized carbons (Fsp3) is 0.400. The number of hydrogen-bond acceptors (Lipinski definition) is 3. The Labute approximate surface area is 81.1 Å². The smallest absolute Gasteiger partial charge is 0.0794 e. The Morgan fingerprint density at radius 1 is 1.38 bits per heavy atom. The van der Waals surface area contributed by atoms with Gasteiger partial charge in [0.15, 0.2) is 0 Å². The molecular weight excluding hydrogens is 166 g/mol. The van der Waals surface area contributed by atoms with Crippen molar-refractivity contribution in [1.29, 1.82) is 0 Å². The normalized spacial score (nSPS) is 7.62. The maximum Gasteiger partial charge on any atom is 0.0794 e. The lowest BCUT2D eigenvalue weighted by Crippen LogP contribution is -2.08. The molecule has 0 spiro atoms. The minimum Gasteiger partial charge on any atom is -0.516 e. The second kappa shape index (κ2) is 22.4. The lowest BCUT2D eigenvalue weighted by molar-refractivity contribution is 0.473.